The quantitative estimate of drug-likeness (QED) is 0.915. The van der Waals surface area contributed by atoms with Crippen LogP contribution in [0.4, 0.5) is 5.82 Å². The third-order valence-electron chi connectivity index (χ3n) is 3.01. The third-order valence-corrected chi connectivity index (χ3v) is 3.01. The van der Waals surface area contributed by atoms with Gasteiger partial charge in [0.15, 0.2) is 5.82 Å². The lowest BCUT2D eigenvalue weighted by Crippen LogP contribution is -2.14. The van der Waals surface area contributed by atoms with Gasteiger partial charge in [-0.1, -0.05) is 17.3 Å². The minimum Gasteiger partial charge on any atom is -0.493 e. The largest absolute Gasteiger partial charge is 0.493 e. The van der Waals surface area contributed by atoms with Crippen molar-refractivity contribution in [2.24, 2.45) is 0 Å². The van der Waals surface area contributed by atoms with Gasteiger partial charge in [-0.15, -0.1) is 0 Å². The molecule has 0 bridgehead atoms. The van der Waals surface area contributed by atoms with E-state index in [-0.39, 0.29) is 5.91 Å². The van der Waals surface area contributed by atoms with Crippen molar-refractivity contribution < 1.29 is 14.1 Å². The van der Waals surface area contributed by atoms with Crippen molar-refractivity contribution >= 4 is 11.7 Å². The molecular formula is C14H14N2O3. The van der Waals surface area contributed by atoms with Gasteiger partial charge >= 0.3 is 0 Å². The number of carbonyl (C=O) groups excluding carboxylic acids is 1. The van der Waals surface area contributed by atoms with Crippen LogP contribution in [0.1, 0.15) is 16.9 Å². The fourth-order valence-electron chi connectivity index (χ4n) is 2.15. The first kappa shape index (κ1) is 11.8. The Hall–Kier alpha value is -2.30. The Bertz CT molecular complexity index is 619. The maximum Gasteiger partial charge on any atom is 0.230 e. The zero-order valence-electron chi connectivity index (χ0n) is 10.6. The van der Waals surface area contributed by atoms with Crippen LogP contribution < -0.4 is 10.1 Å². The predicted molar refractivity (Wildman–Crippen MR) is 69.2 cm³/mol. The molecule has 3 rings (SSSR count). The first-order chi connectivity index (χ1) is 9.20. The number of aromatic nitrogens is 1. The molecule has 0 atom stereocenters. The Kier molecular flexibility index (Phi) is 2.95. The number of amides is 1. The number of hydrogen-bond donors (Lipinski definition) is 1. The van der Waals surface area contributed by atoms with Crippen molar-refractivity contribution in [1.82, 2.24) is 5.16 Å². The second kappa shape index (κ2) is 4.76. The number of nitrogens with zero attached hydrogens (tertiary/aromatic N) is 1. The number of ether oxygens (including phenoxy) is 1. The van der Waals surface area contributed by atoms with Crippen molar-refractivity contribution in [2.45, 2.75) is 19.8 Å². The minimum atomic E-state index is -0.104. The number of benzene rings is 1. The molecule has 1 amide bonds. The SMILES string of the molecule is Cc1cc(NC(=O)Cc2ccc3c(c2)CCO3)no1. The summed E-state index contributed by atoms with van der Waals surface area (Å²) >= 11 is 0. The maximum atomic E-state index is 11.9. The van der Waals surface area contributed by atoms with Gasteiger partial charge in [0.1, 0.15) is 11.5 Å². The zero-order valence-corrected chi connectivity index (χ0v) is 10.6. The van der Waals surface area contributed by atoms with Crippen molar-refractivity contribution in [1.29, 1.82) is 0 Å². The predicted octanol–water partition coefficient (Wildman–Crippen LogP) is 2.10. The van der Waals surface area contributed by atoms with E-state index in [0.29, 0.717) is 18.0 Å². The highest BCUT2D eigenvalue weighted by molar-refractivity contribution is 5.91. The van der Waals surface area contributed by atoms with Crippen molar-refractivity contribution in [3.8, 4) is 5.75 Å². The number of hydrogen-bond acceptors (Lipinski definition) is 4. The molecule has 0 aliphatic carbocycles. The summed E-state index contributed by atoms with van der Waals surface area (Å²) in [5, 5.41) is 6.43. The number of carbonyl (C=O) groups is 1. The molecule has 0 saturated heterocycles. The Balaban J connectivity index is 1.66. The van der Waals surface area contributed by atoms with Crippen molar-refractivity contribution in [3.63, 3.8) is 0 Å². The molecule has 1 aromatic heterocycles. The Morgan fingerprint density at radius 1 is 1.42 bits per heavy atom. The molecule has 1 aromatic carbocycles. The summed E-state index contributed by atoms with van der Waals surface area (Å²) in [5.74, 6) is 1.94. The lowest BCUT2D eigenvalue weighted by Gasteiger charge is -2.04. The summed E-state index contributed by atoms with van der Waals surface area (Å²) in [5.41, 5.74) is 2.14. The van der Waals surface area contributed by atoms with Crippen LogP contribution >= 0.6 is 0 Å². The average molecular weight is 258 g/mol. The van der Waals surface area contributed by atoms with Crippen LogP contribution in [0.25, 0.3) is 0 Å². The molecule has 0 fully saturated rings. The van der Waals surface area contributed by atoms with Crippen LogP contribution in [0.3, 0.4) is 0 Å². The van der Waals surface area contributed by atoms with E-state index < -0.39 is 0 Å². The number of fused-ring (bicyclic) bond motifs is 1. The van der Waals surface area contributed by atoms with Crippen LogP contribution in [0, 0.1) is 6.92 Å². The van der Waals surface area contributed by atoms with Crippen LogP contribution in [-0.4, -0.2) is 17.7 Å². The van der Waals surface area contributed by atoms with Gasteiger partial charge in [-0.25, -0.2) is 0 Å². The highest BCUT2D eigenvalue weighted by Crippen LogP contribution is 2.26. The van der Waals surface area contributed by atoms with Crippen LogP contribution in [0.15, 0.2) is 28.8 Å². The third kappa shape index (κ3) is 2.59. The van der Waals surface area contributed by atoms with E-state index in [9.17, 15) is 4.79 Å². The van der Waals surface area contributed by atoms with Crippen LogP contribution in [0.5, 0.6) is 5.75 Å². The molecule has 2 aromatic rings. The molecule has 0 unspecified atom stereocenters. The van der Waals surface area contributed by atoms with Gasteiger partial charge in [0.2, 0.25) is 5.91 Å². The van der Waals surface area contributed by atoms with E-state index >= 15 is 0 Å². The summed E-state index contributed by atoms with van der Waals surface area (Å²) in [6, 6.07) is 7.55. The molecule has 0 spiro atoms. The van der Waals surface area contributed by atoms with Crippen molar-refractivity contribution in [3.05, 3.63) is 41.2 Å². The summed E-state index contributed by atoms with van der Waals surface area (Å²) in [6.45, 7) is 2.51. The van der Waals surface area contributed by atoms with Gasteiger partial charge in [-0.05, 0) is 24.1 Å². The summed E-state index contributed by atoms with van der Waals surface area (Å²) < 4.78 is 10.3. The van der Waals surface area contributed by atoms with E-state index in [0.717, 1.165) is 24.3 Å². The topological polar surface area (TPSA) is 64.4 Å². The van der Waals surface area contributed by atoms with Crippen LogP contribution in [-0.2, 0) is 17.6 Å². The molecule has 1 aliphatic heterocycles. The maximum absolute atomic E-state index is 11.9. The highest BCUT2D eigenvalue weighted by Gasteiger charge is 2.13. The normalized spacial score (nSPS) is 12.9. The molecule has 98 valence electrons. The molecule has 1 aliphatic rings. The standard InChI is InChI=1S/C14H14N2O3/c1-9-6-13(16-19-9)15-14(17)8-10-2-3-12-11(7-10)4-5-18-12/h2-3,6-7H,4-5,8H2,1H3,(H,15,16,17). The Morgan fingerprint density at radius 3 is 3.11 bits per heavy atom. The average Bonchev–Trinajstić information content (AvgIpc) is 2.97. The lowest BCUT2D eigenvalue weighted by molar-refractivity contribution is -0.115. The van der Waals surface area contributed by atoms with Gasteiger partial charge < -0.3 is 14.6 Å². The highest BCUT2D eigenvalue weighted by atomic mass is 16.5. The lowest BCUT2D eigenvalue weighted by atomic mass is 10.1. The first-order valence-corrected chi connectivity index (χ1v) is 6.18. The van der Waals surface area contributed by atoms with Crippen molar-refractivity contribution in [2.75, 3.05) is 11.9 Å². The van der Waals surface area contributed by atoms with Gasteiger partial charge in [0.05, 0.1) is 13.0 Å². The molecule has 0 saturated carbocycles. The molecule has 1 N–H and O–H groups in total. The minimum absolute atomic E-state index is 0.104. The Labute approximate surface area is 110 Å². The van der Waals surface area contributed by atoms with Crippen LogP contribution in [0.2, 0.25) is 0 Å². The summed E-state index contributed by atoms with van der Waals surface area (Å²) in [7, 11) is 0. The van der Waals surface area contributed by atoms with E-state index in [1.165, 1.54) is 5.56 Å². The molecular weight excluding hydrogens is 244 g/mol. The van der Waals surface area contributed by atoms with Gasteiger partial charge in [0.25, 0.3) is 0 Å². The van der Waals surface area contributed by atoms with Gasteiger partial charge in [0, 0.05) is 12.5 Å². The zero-order chi connectivity index (χ0) is 13.2. The smallest absolute Gasteiger partial charge is 0.230 e. The van der Waals surface area contributed by atoms with E-state index in [1.54, 1.807) is 13.0 Å². The van der Waals surface area contributed by atoms with E-state index in [4.69, 9.17) is 9.26 Å². The molecule has 0 radical (unpaired) electrons. The first-order valence-electron chi connectivity index (χ1n) is 6.18. The number of aryl methyl sites for hydroxylation is 1. The van der Waals surface area contributed by atoms with E-state index in [2.05, 4.69) is 10.5 Å². The molecule has 5 nitrogen and oxygen atoms in total. The monoisotopic (exact) mass is 258 g/mol. The molecule has 2 heterocycles. The Morgan fingerprint density at radius 2 is 2.32 bits per heavy atom. The van der Waals surface area contributed by atoms with Gasteiger partial charge in [-0.3, -0.25) is 4.79 Å². The van der Waals surface area contributed by atoms with Gasteiger partial charge in [-0.2, -0.15) is 0 Å². The van der Waals surface area contributed by atoms with E-state index in [1.807, 2.05) is 18.2 Å². The second-order valence-electron chi connectivity index (χ2n) is 4.59. The number of rotatable bonds is 3. The summed E-state index contributed by atoms with van der Waals surface area (Å²) in [4.78, 5) is 11.9. The molecule has 19 heavy (non-hydrogen) atoms. The fourth-order valence-corrected chi connectivity index (χ4v) is 2.15. The number of anilines is 1. The number of nitrogens with one attached hydrogen (secondary N) is 1. The summed E-state index contributed by atoms with van der Waals surface area (Å²) in [6.07, 6.45) is 1.23. The molecule has 5 heteroatoms. The fraction of sp³-hybridized carbons (Fsp3) is 0.286. The second-order valence-corrected chi connectivity index (χ2v) is 4.59.